The highest BCUT2D eigenvalue weighted by molar-refractivity contribution is 5.92. The molecule has 0 spiro atoms. The van der Waals surface area contributed by atoms with Crippen LogP contribution in [-0.4, -0.2) is 35.2 Å². The summed E-state index contributed by atoms with van der Waals surface area (Å²) in [4.78, 5) is 25.5. The molecule has 0 radical (unpaired) electrons. The molecule has 6 N–H and O–H groups in total. The summed E-state index contributed by atoms with van der Waals surface area (Å²) in [5, 5.41) is 10.4. The van der Waals surface area contributed by atoms with Crippen molar-refractivity contribution in [2.45, 2.75) is 26.9 Å². The van der Waals surface area contributed by atoms with Crippen molar-refractivity contribution in [3.63, 3.8) is 0 Å². The van der Waals surface area contributed by atoms with Crippen LogP contribution >= 0.6 is 0 Å². The Labute approximate surface area is 172 Å². The number of rotatable bonds is 6. The summed E-state index contributed by atoms with van der Waals surface area (Å²) in [6.07, 6.45) is 1.54. The van der Waals surface area contributed by atoms with E-state index >= 15 is 0 Å². The van der Waals surface area contributed by atoms with E-state index in [2.05, 4.69) is 30.7 Å². The number of carbonyl (C=O) groups is 1. The third kappa shape index (κ3) is 3.85. The van der Waals surface area contributed by atoms with E-state index < -0.39 is 0 Å². The minimum Gasteiger partial charge on any atom is -0.399 e. The number of fused-ring (bicyclic) bond motifs is 1. The van der Waals surface area contributed by atoms with Crippen LogP contribution in [0.2, 0.25) is 0 Å². The molecule has 1 aromatic carbocycles. The molecule has 0 fully saturated rings. The average molecular weight is 406 g/mol. The number of carbonyl (C=O) groups excluding carboxylic acids is 1. The standard InChI is InChI=1S/C19H22N10O/c1-3-29-14(8-11(2)27-29)24-15(30)9-28-10-22-16-17(25-19(21)26-18(16)28)23-13-6-4-12(20)5-7-13/h4-8,10H,3,9,20H2,1-2H3,(H,24,30)(H3,21,23,25,26). The Balaban J connectivity index is 1.58. The Bertz CT molecular complexity index is 1210. The number of aryl methyl sites for hydroxylation is 2. The second kappa shape index (κ2) is 7.70. The predicted octanol–water partition coefficient (Wildman–Crippen LogP) is 1.90. The van der Waals surface area contributed by atoms with Gasteiger partial charge >= 0.3 is 0 Å². The van der Waals surface area contributed by atoms with E-state index in [0.29, 0.717) is 35.0 Å². The molecule has 0 saturated heterocycles. The molecule has 30 heavy (non-hydrogen) atoms. The highest BCUT2D eigenvalue weighted by Gasteiger charge is 2.16. The minimum absolute atomic E-state index is 0.0161. The van der Waals surface area contributed by atoms with Gasteiger partial charge in [-0.1, -0.05) is 0 Å². The van der Waals surface area contributed by atoms with Gasteiger partial charge in [-0.15, -0.1) is 0 Å². The monoisotopic (exact) mass is 406 g/mol. The fourth-order valence-corrected chi connectivity index (χ4v) is 3.09. The van der Waals surface area contributed by atoms with Crippen LogP contribution in [0.1, 0.15) is 12.6 Å². The minimum atomic E-state index is -0.228. The molecular formula is C19H22N10O. The van der Waals surface area contributed by atoms with Gasteiger partial charge in [-0.2, -0.15) is 15.1 Å². The van der Waals surface area contributed by atoms with Gasteiger partial charge in [0.15, 0.2) is 17.0 Å². The Morgan fingerprint density at radius 2 is 1.93 bits per heavy atom. The summed E-state index contributed by atoms with van der Waals surface area (Å²) in [5.74, 6) is 0.932. The van der Waals surface area contributed by atoms with Gasteiger partial charge in [-0.05, 0) is 38.1 Å². The Morgan fingerprint density at radius 3 is 2.67 bits per heavy atom. The summed E-state index contributed by atoms with van der Waals surface area (Å²) in [6.45, 7) is 4.50. The zero-order valence-electron chi connectivity index (χ0n) is 16.6. The maximum atomic E-state index is 12.6. The van der Waals surface area contributed by atoms with Crippen LogP contribution in [0.5, 0.6) is 0 Å². The van der Waals surface area contributed by atoms with E-state index in [4.69, 9.17) is 11.5 Å². The van der Waals surface area contributed by atoms with Crippen LogP contribution in [-0.2, 0) is 17.9 Å². The lowest BCUT2D eigenvalue weighted by molar-refractivity contribution is -0.116. The van der Waals surface area contributed by atoms with Crippen molar-refractivity contribution in [1.82, 2.24) is 29.3 Å². The highest BCUT2D eigenvalue weighted by atomic mass is 16.2. The first-order valence-electron chi connectivity index (χ1n) is 9.38. The third-order valence-corrected chi connectivity index (χ3v) is 4.44. The smallest absolute Gasteiger partial charge is 0.245 e. The average Bonchev–Trinajstić information content (AvgIpc) is 3.26. The fourth-order valence-electron chi connectivity index (χ4n) is 3.09. The molecular weight excluding hydrogens is 384 g/mol. The number of benzene rings is 1. The van der Waals surface area contributed by atoms with Gasteiger partial charge in [0.2, 0.25) is 11.9 Å². The summed E-state index contributed by atoms with van der Waals surface area (Å²) < 4.78 is 3.35. The van der Waals surface area contributed by atoms with Gasteiger partial charge < -0.3 is 26.7 Å². The van der Waals surface area contributed by atoms with E-state index in [0.717, 1.165) is 11.4 Å². The highest BCUT2D eigenvalue weighted by Crippen LogP contribution is 2.24. The number of nitrogens with two attached hydrogens (primary N) is 2. The fraction of sp³-hybridized carbons (Fsp3) is 0.211. The molecule has 4 aromatic rings. The normalized spacial score (nSPS) is 11.0. The van der Waals surface area contributed by atoms with Crippen molar-refractivity contribution in [2.75, 3.05) is 22.1 Å². The second-order valence-corrected chi connectivity index (χ2v) is 6.76. The number of imidazole rings is 1. The van der Waals surface area contributed by atoms with Crippen molar-refractivity contribution in [3.8, 4) is 0 Å². The van der Waals surface area contributed by atoms with E-state index in [1.54, 1.807) is 21.4 Å². The number of amides is 1. The number of hydrogen-bond acceptors (Lipinski definition) is 8. The number of nitrogens with zero attached hydrogens (tertiary/aromatic N) is 6. The number of aromatic nitrogens is 6. The maximum absolute atomic E-state index is 12.6. The lowest BCUT2D eigenvalue weighted by Crippen LogP contribution is -2.20. The Kier molecular flexibility index (Phi) is 4.92. The third-order valence-electron chi connectivity index (χ3n) is 4.44. The predicted molar refractivity (Wildman–Crippen MR) is 115 cm³/mol. The van der Waals surface area contributed by atoms with Gasteiger partial charge in [0, 0.05) is 24.0 Å². The topological polar surface area (TPSA) is 155 Å². The zero-order valence-corrected chi connectivity index (χ0v) is 16.6. The van der Waals surface area contributed by atoms with Crippen LogP contribution in [0.25, 0.3) is 11.2 Å². The first kappa shape index (κ1) is 19.2. The summed E-state index contributed by atoms with van der Waals surface area (Å²) in [5.41, 5.74) is 14.8. The molecule has 1 amide bonds. The zero-order chi connectivity index (χ0) is 21.3. The Morgan fingerprint density at radius 1 is 1.17 bits per heavy atom. The van der Waals surface area contributed by atoms with Crippen molar-refractivity contribution in [2.24, 2.45) is 0 Å². The molecule has 0 aliphatic carbocycles. The van der Waals surface area contributed by atoms with E-state index in [1.165, 1.54) is 6.33 Å². The molecule has 0 unspecified atom stereocenters. The molecule has 154 valence electrons. The van der Waals surface area contributed by atoms with Crippen molar-refractivity contribution >= 4 is 46.0 Å². The number of anilines is 5. The quantitative estimate of drug-likeness (QED) is 0.354. The molecule has 11 heteroatoms. The number of hydrogen-bond donors (Lipinski definition) is 4. The van der Waals surface area contributed by atoms with Crippen LogP contribution in [0.3, 0.4) is 0 Å². The molecule has 0 bridgehead atoms. The molecule has 0 saturated carbocycles. The van der Waals surface area contributed by atoms with Gasteiger partial charge in [-0.25, -0.2) is 9.67 Å². The van der Waals surface area contributed by atoms with E-state index in [-0.39, 0.29) is 18.4 Å². The first-order valence-corrected chi connectivity index (χ1v) is 9.38. The SMILES string of the molecule is CCn1nc(C)cc1NC(=O)Cn1cnc2c(Nc3ccc(N)cc3)nc(N)nc21. The summed E-state index contributed by atoms with van der Waals surface area (Å²) >= 11 is 0. The van der Waals surface area contributed by atoms with E-state index in [1.807, 2.05) is 32.0 Å². The van der Waals surface area contributed by atoms with Gasteiger partial charge in [0.25, 0.3) is 0 Å². The second-order valence-electron chi connectivity index (χ2n) is 6.76. The van der Waals surface area contributed by atoms with Crippen LogP contribution in [0, 0.1) is 6.92 Å². The van der Waals surface area contributed by atoms with Crippen LogP contribution in [0.4, 0.5) is 29.0 Å². The lowest BCUT2D eigenvalue weighted by Gasteiger charge is -2.09. The van der Waals surface area contributed by atoms with Crippen LogP contribution in [0.15, 0.2) is 36.7 Å². The van der Waals surface area contributed by atoms with Gasteiger partial charge in [-0.3, -0.25) is 4.79 Å². The maximum Gasteiger partial charge on any atom is 0.245 e. The van der Waals surface area contributed by atoms with Gasteiger partial charge in [0.1, 0.15) is 12.4 Å². The molecule has 0 atom stereocenters. The van der Waals surface area contributed by atoms with Crippen LogP contribution < -0.4 is 22.1 Å². The largest absolute Gasteiger partial charge is 0.399 e. The molecule has 0 aliphatic rings. The molecule has 0 aliphatic heterocycles. The van der Waals surface area contributed by atoms with Gasteiger partial charge in [0.05, 0.1) is 12.0 Å². The lowest BCUT2D eigenvalue weighted by atomic mass is 10.3. The summed E-state index contributed by atoms with van der Waals surface area (Å²) in [6, 6.07) is 9.01. The molecule has 3 aromatic heterocycles. The number of nitrogen functional groups attached to an aromatic ring is 2. The van der Waals surface area contributed by atoms with Crippen molar-refractivity contribution in [1.29, 1.82) is 0 Å². The van der Waals surface area contributed by atoms with E-state index in [9.17, 15) is 4.79 Å². The molecule has 11 nitrogen and oxygen atoms in total. The molecule has 4 rings (SSSR count). The molecule has 3 heterocycles. The number of nitrogens with one attached hydrogen (secondary N) is 2. The van der Waals surface area contributed by atoms with Crippen molar-refractivity contribution < 1.29 is 4.79 Å². The van der Waals surface area contributed by atoms with Crippen molar-refractivity contribution in [3.05, 3.63) is 42.4 Å². The Hall–Kier alpha value is -4.15. The first-order chi connectivity index (χ1) is 14.4. The summed E-state index contributed by atoms with van der Waals surface area (Å²) in [7, 11) is 0.